The number of hydrogen-bond donors (Lipinski definition) is 2. The highest BCUT2D eigenvalue weighted by Gasteiger charge is 2.42. The van der Waals surface area contributed by atoms with Crippen molar-refractivity contribution in [2.75, 3.05) is 19.6 Å². The second-order valence-corrected chi connectivity index (χ2v) is 11.3. The Bertz CT molecular complexity index is 1050. The molecule has 0 aromatic heterocycles. The van der Waals surface area contributed by atoms with Crippen molar-refractivity contribution in [3.05, 3.63) is 42.2 Å². The number of rotatable bonds is 6. The third-order valence-electron chi connectivity index (χ3n) is 6.08. The molecule has 1 aromatic rings. The molecular weight excluding hydrogens is 473 g/mol. The highest BCUT2D eigenvalue weighted by Crippen LogP contribution is 2.31. The molecule has 2 heterocycles. The van der Waals surface area contributed by atoms with Gasteiger partial charge >= 0.3 is 6.18 Å². The van der Waals surface area contributed by atoms with E-state index in [1.165, 1.54) is 29.4 Å². The van der Waals surface area contributed by atoms with Crippen molar-refractivity contribution in [1.29, 1.82) is 0 Å². The number of nitrogens with zero attached hydrogens (tertiary/aromatic N) is 2. The Hall–Kier alpha value is -2.60. The molecule has 12 heteroatoms. The van der Waals surface area contributed by atoms with E-state index in [-0.39, 0.29) is 18.0 Å². The van der Waals surface area contributed by atoms with Crippen molar-refractivity contribution in [2.45, 2.75) is 56.8 Å². The van der Waals surface area contributed by atoms with Gasteiger partial charge in [-0.15, -0.1) is 0 Å². The van der Waals surface area contributed by atoms with E-state index in [2.05, 4.69) is 10.6 Å². The Balaban J connectivity index is 1.71. The van der Waals surface area contributed by atoms with Gasteiger partial charge in [0.05, 0.1) is 17.9 Å². The Kier molecular flexibility index (Phi) is 7.32. The Morgan fingerprint density at radius 2 is 1.88 bits per heavy atom. The van der Waals surface area contributed by atoms with Gasteiger partial charge in [0.2, 0.25) is 11.8 Å². The maximum atomic E-state index is 13.1. The van der Waals surface area contributed by atoms with Crippen LogP contribution in [-0.4, -0.2) is 67.3 Å². The van der Waals surface area contributed by atoms with Crippen LogP contribution in [0.25, 0.3) is 0 Å². The first-order valence-corrected chi connectivity index (χ1v) is 12.3. The Morgan fingerprint density at radius 1 is 1.24 bits per heavy atom. The summed E-state index contributed by atoms with van der Waals surface area (Å²) in [5, 5.41) is 5.24. The number of aryl methyl sites for hydroxylation is 1. The molecule has 2 N–H and O–H groups in total. The van der Waals surface area contributed by atoms with Gasteiger partial charge in [0.15, 0.2) is 0 Å². The molecule has 1 fully saturated rings. The monoisotopic (exact) mass is 502 g/mol. The van der Waals surface area contributed by atoms with E-state index in [1.807, 2.05) is 6.92 Å². The lowest BCUT2D eigenvalue weighted by atomic mass is 9.79. The third kappa shape index (κ3) is 6.09. The average molecular weight is 503 g/mol. The largest absolute Gasteiger partial charge is 0.401 e. The number of carbonyl (C=O) groups excluding carboxylic acids is 2. The van der Waals surface area contributed by atoms with Gasteiger partial charge in [-0.1, -0.05) is 31.5 Å². The molecule has 0 aliphatic carbocycles. The Labute approximate surface area is 197 Å². The molecule has 2 aliphatic rings. The van der Waals surface area contributed by atoms with Crippen LogP contribution in [0.4, 0.5) is 13.2 Å². The highest BCUT2D eigenvalue weighted by molar-refractivity contribution is 7.89. The van der Waals surface area contributed by atoms with Crippen LogP contribution in [0.2, 0.25) is 0 Å². The van der Waals surface area contributed by atoms with Crippen molar-refractivity contribution in [2.24, 2.45) is 5.41 Å². The van der Waals surface area contributed by atoms with E-state index in [0.717, 1.165) is 9.87 Å². The zero-order valence-electron chi connectivity index (χ0n) is 19.2. The first-order valence-electron chi connectivity index (χ1n) is 10.8. The van der Waals surface area contributed by atoms with Crippen molar-refractivity contribution < 1.29 is 31.2 Å². The minimum atomic E-state index is -4.31. The molecule has 34 heavy (non-hydrogen) atoms. The minimum absolute atomic E-state index is 0.0129. The number of benzene rings is 1. The molecule has 2 aliphatic heterocycles. The van der Waals surface area contributed by atoms with E-state index in [0.29, 0.717) is 6.42 Å². The number of sulfonamides is 1. The smallest absolute Gasteiger partial charge is 0.353 e. The van der Waals surface area contributed by atoms with Crippen molar-refractivity contribution in [3.8, 4) is 0 Å². The lowest BCUT2D eigenvalue weighted by Crippen LogP contribution is -2.58. The maximum absolute atomic E-state index is 13.1. The van der Waals surface area contributed by atoms with E-state index >= 15 is 0 Å². The molecular formula is C22H29F3N4O4S. The van der Waals surface area contributed by atoms with Gasteiger partial charge in [0.1, 0.15) is 6.04 Å². The molecule has 1 aromatic carbocycles. The zero-order valence-corrected chi connectivity index (χ0v) is 20.0. The van der Waals surface area contributed by atoms with Gasteiger partial charge < -0.3 is 10.6 Å². The number of likely N-dealkylation sites (tertiary alicyclic amines) is 1. The summed E-state index contributed by atoms with van der Waals surface area (Å²) >= 11 is 0. The molecule has 2 unspecified atom stereocenters. The van der Waals surface area contributed by atoms with Gasteiger partial charge in [-0.25, -0.2) is 8.42 Å². The fourth-order valence-corrected chi connectivity index (χ4v) is 5.77. The summed E-state index contributed by atoms with van der Waals surface area (Å²) in [6.07, 6.45) is -2.03. The molecule has 1 saturated heterocycles. The summed E-state index contributed by atoms with van der Waals surface area (Å²) in [6.45, 7) is 4.63. The van der Waals surface area contributed by atoms with Crippen LogP contribution in [0.3, 0.4) is 0 Å². The molecule has 3 rings (SSSR count). The molecule has 0 bridgehead atoms. The number of piperidine rings is 1. The van der Waals surface area contributed by atoms with Crippen LogP contribution >= 0.6 is 0 Å². The standard InChI is InChI=1S/C22H29F3N4O4S/c1-15-4-6-16(7-5-15)34(32,33)29-11-9-26-20(31)17(29)12-19(30)27-18-8-10-28(13-21(18,2)3)14-22(23,24)25/h4-7,9,11,17-18H,8,10,12-14H2,1-3H3,(H,26,31)(H,27,30). The van der Waals surface area contributed by atoms with Crippen LogP contribution in [0.15, 0.2) is 41.6 Å². The quantitative estimate of drug-likeness (QED) is 0.621. The van der Waals surface area contributed by atoms with Crippen LogP contribution in [0.1, 0.15) is 32.3 Å². The second kappa shape index (κ2) is 9.57. The van der Waals surface area contributed by atoms with Crippen LogP contribution in [0.5, 0.6) is 0 Å². The molecule has 8 nitrogen and oxygen atoms in total. The molecule has 0 saturated carbocycles. The van der Waals surface area contributed by atoms with E-state index in [1.54, 1.807) is 26.0 Å². The molecule has 2 atom stereocenters. The number of halogens is 3. The predicted molar refractivity (Wildman–Crippen MR) is 119 cm³/mol. The highest BCUT2D eigenvalue weighted by atomic mass is 32.2. The van der Waals surface area contributed by atoms with Crippen LogP contribution in [0, 0.1) is 12.3 Å². The van der Waals surface area contributed by atoms with Gasteiger partial charge in [-0.2, -0.15) is 13.2 Å². The zero-order chi connectivity index (χ0) is 25.3. The predicted octanol–water partition coefficient (Wildman–Crippen LogP) is 2.12. The number of alkyl halides is 3. The SMILES string of the molecule is Cc1ccc(S(=O)(=O)N2C=CNC(=O)C2CC(=O)NC2CCN(CC(F)(F)F)CC2(C)C)cc1. The second-order valence-electron chi connectivity index (χ2n) is 9.42. The van der Waals surface area contributed by atoms with Gasteiger partial charge in [0.25, 0.3) is 10.0 Å². The fraction of sp³-hybridized carbons (Fsp3) is 0.545. The number of carbonyl (C=O) groups is 2. The molecule has 2 amide bonds. The lowest BCUT2D eigenvalue weighted by molar-refractivity contribution is -0.153. The van der Waals surface area contributed by atoms with Gasteiger partial charge in [-0.3, -0.25) is 18.8 Å². The van der Waals surface area contributed by atoms with E-state index in [4.69, 9.17) is 0 Å². The molecule has 188 valence electrons. The topological polar surface area (TPSA) is 98.8 Å². The maximum Gasteiger partial charge on any atom is 0.401 e. The molecule has 0 radical (unpaired) electrons. The van der Waals surface area contributed by atoms with Gasteiger partial charge in [-0.05, 0) is 30.9 Å². The summed E-state index contributed by atoms with van der Waals surface area (Å²) in [5.74, 6) is -1.20. The van der Waals surface area contributed by atoms with Crippen LogP contribution in [-0.2, 0) is 19.6 Å². The fourth-order valence-electron chi connectivity index (χ4n) is 4.32. The summed E-state index contributed by atoms with van der Waals surface area (Å²) < 4.78 is 65.4. The number of nitrogens with one attached hydrogen (secondary N) is 2. The number of hydrogen-bond acceptors (Lipinski definition) is 5. The Morgan fingerprint density at radius 3 is 2.47 bits per heavy atom. The van der Waals surface area contributed by atoms with E-state index < -0.39 is 58.5 Å². The summed E-state index contributed by atoms with van der Waals surface area (Å²) in [6, 6.07) is 4.41. The van der Waals surface area contributed by atoms with Crippen molar-refractivity contribution in [3.63, 3.8) is 0 Å². The normalized spacial score (nSPS) is 23.5. The third-order valence-corrected chi connectivity index (χ3v) is 7.88. The van der Waals surface area contributed by atoms with Gasteiger partial charge in [0, 0.05) is 31.5 Å². The van der Waals surface area contributed by atoms with Crippen molar-refractivity contribution in [1.82, 2.24) is 19.8 Å². The average Bonchev–Trinajstić information content (AvgIpc) is 2.70. The van der Waals surface area contributed by atoms with E-state index in [9.17, 15) is 31.2 Å². The summed E-state index contributed by atoms with van der Waals surface area (Å²) in [5.41, 5.74) is 0.215. The van der Waals surface area contributed by atoms with Crippen LogP contribution < -0.4 is 10.6 Å². The minimum Gasteiger partial charge on any atom is -0.353 e. The first-order chi connectivity index (χ1) is 15.7. The summed E-state index contributed by atoms with van der Waals surface area (Å²) in [7, 11) is -4.09. The molecule has 0 spiro atoms. The van der Waals surface area contributed by atoms with Crippen molar-refractivity contribution >= 4 is 21.8 Å². The first kappa shape index (κ1) is 26.0. The number of amides is 2. The summed E-state index contributed by atoms with van der Waals surface area (Å²) in [4.78, 5) is 26.6. The lowest BCUT2D eigenvalue weighted by Gasteiger charge is -2.44.